The summed E-state index contributed by atoms with van der Waals surface area (Å²) in [7, 11) is -0.336. The van der Waals surface area contributed by atoms with E-state index in [0.717, 1.165) is 12.4 Å². The minimum atomic E-state index is -1.67. The number of morpholine rings is 2. The van der Waals surface area contributed by atoms with Gasteiger partial charge in [0, 0.05) is 53.9 Å². The zero-order valence-electron chi connectivity index (χ0n) is 31.2. The quantitative estimate of drug-likeness (QED) is 0.165. The monoisotopic (exact) mass is 742 g/mol. The van der Waals surface area contributed by atoms with Crippen molar-refractivity contribution in [3.8, 4) is 28.3 Å². The van der Waals surface area contributed by atoms with Crippen LogP contribution in [0.2, 0.25) is 0 Å². The summed E-state index contributed by atoms with van der Waals surface area (Å²) in [6, 6.07) is 0. The third-order valence-corrected chi connectivity index (χ3v) is 10.4. The fourth-order valence-electron chi connectivity index (χ4n) is 7.48. The fraction of sp³-hybridized carbons (Fsp3) is 0.514. The molecular formula is C37H43BF4N4O7. The number of rotatable bonds is 8. The van der Waals surface area contributed by atoms with Crippen LogP contribution in [-0.4, -0.2) is 98.6 Å². The second-order valence-electron chi connectivity index (χ2n) is 14.9. The number of aromatic nitrogens is 2. The van der Waals surface area contributed by atoms with Crippen molar-refractivity contribution in [1.29, 1.82) is 0 Å². The standard InChI is InChI=1S/C37H43BF4N4O7/c1-18-12-45(13-19(2)50-18)34-22(16-47)26(28(30(39)32(34)41)24-10-44-25(49-9)11-43-24)27-23(17-48)35(46-14-20(3)51-21(4)15-46)33(42)31(40)29(27)38-52-36(5,6)37(7,8)53-38/h10-11,16-21H,12-15H2,1-9H3. The van der Waals surface area contributed by atoms with E-state index in [-0.39, 0.29) is 37.8 Å². The number of hydrogen-bond donors (Lipinski definition) is 0. The lowest BCUT2D eigenvalue weighted by Crippen LogP contribution is -2.47. The molecule has 11 nitrogen and oxygen atoms in total. The number of ether oxygens (including phenoxy) is 3. The van der Waals surface area contributed by atoms with Crippen molar-refractivity contribution in [2.24, 2.45) is 0 Å². The van der Waals surface area contributed by atoms with Crippen LogP contribution in [0.15, 0.2) is 12.4 Å². The van der Waals surface area contributed by atoms with Crippen LogP contribution in [0.1, 0.15) is 76.1 Å². The zero-order chi connectivity index (χ0) is 38.7. The summed E-state index contributed by atoms with van der Waals surface area (Å²) in [6.07, 6.45) is 1.04. The van der Waals surface area contributed by atoms with Crippen molar-refractivity contribution >= 4 is 36.5 Å². The third kappa shape index (κ3) is 6.68. The van der Waals surface area contributed by atoms with Gasteiger partial charge in [0.2, 0.25) is 5.88 Å². The van der Waals surface area contributed by atoms with Crippen LogP contribution in [-0.2, 0) is 18.8 Å². The third-order valence-electron chi connectivity index (χ3n) is 10.4. The summed E-state index contributed by atoms with van der Waals surface area (Å²) in [5, 5.41) is 0. The molecule has 53 heavy (non-hydrogen) atoms. The number of anilines is 2. The topological polar surface area (TPSA) is 113 Å². The summed E-state index contributed by atoms with van der Waals surface area (Å²) in [5.41, 5.74) is -6.35. The van der Waals surface area contributed by atoms with E-state index in [4.69, 9.17) is 23.5 Å². The average molecular weight is 743 g/mol. The molecule has 6 rings (SSSR count). The second kappa shape index (κ2) is 14.3. The number of hydrogen-bond acceptors (Lipinski definition) is 11. The van der Waals surface area contributed by atoms with Crippen LogP contribution in [0.3, 0.4) is 0 Å². The predicted octanol–water partition coefficient (Wildman–Crippen LogP) is 5.53. The normalized spacial score (nSPS) is 24.1. The Hall–Kier alpha value is -4.12. The van der Waals surface area contributed by atoms with Crippen molar-refractivity contribution < 1.29 is 50.7 Å². The molecule has 4 unspecified atom stereocenters. The second-order valence-corrected chi connectivity index (χ2v) is 14.9. The Morgan fingerprint density at radius 2 is 1.15 bits per heavy atom. The molecule has 284 valence electrons. The molecule has 0 amide bonds. The van der Waals surface area contributed by atoms with Crippen LogP contribution in [0.5, 0.6) is 5.88 Å². The van der Waals surface area contributed by atoms with Gasteiger partial charge in [-0.25, -0.2) is 27.5 Å². The van der Waals surface area contributed by atoms with E-state index in [1.165, 1.54) is 16.9 Å². The first-order valence-electron chi connectivity index (χ1n) is 17.5. The minimum Gasteiger partial charge on any atom is -0.480 e. The van der Waals surface area contributed by atoms with Gasteiger partial charge in [0.05, 0.1) is 72.2 Å². The predicted molar refractivity (Wildman–Crippen MR) is 190 cm³/mol. The molecule has 16 heteroatoms. The van der Waals surface area contributed by atoms with Gasteiger partial charge in [0.25, 0.3) is 0 Å². The van der Waals surface area contributed by atoms with E-state index in [0.29, 0.717) is 12.6 Å². The van der Waals surface area contributed by atoms with E-state index in [1.54, 1.807) is 55.4 Å². The number of benzene rings is 2. The number of methoxy groups -OCH3 is 1. The number of carbonyl (C=O) groups is 2. The number of halogens is 4. The summed E-state index contributed by atoms with van der Waals surface area (Å²) in [5.74, 6) is -5.68. The van der Waals surface area contributed by atoms with E-state index in [2.05, 4.69) is 9.97 Å². The van der Waals surface area contributed by atoms with E-state index in [9.17, 15) is 9.59 Å². The van der Waals surface area contributed by atoms with Crippen molar-refractivity contribution in [2.75, 3.05) is 43.1 Å². The molecule has 3 aromatic rings. The smallest absolute Gasteiger partial charge is 0.480 e. The van der Waals surface area contributed by atoms with Crippen LogP contribution >= 0.6 is 0 Å². The largest absolute Gasteiger partial charge is 0.498 e. The molecule has 2 aromatic carbocycles. The Bertz CT molecular complexity index is 1900. The summed E-state index contributed by atoms with van der Waals surface area (Å²) in [4.78, 5) is 38.3. The van der Waals surface area contributed by atoms with Gasteiger partial charge in [-0.1, -0.05) is 0 Å². The van der Waals surface area contributed by atoms with E-state index >= 15 is 17.6 Å². The minimum absolute atomic E-state index is 0.0388. The molecule has 1 aromatic heterocycles. The SMILES string of the molecule is COc1cnc(-c2c(F)c(F)c(N3CC(C)OC(C)C3)c(C=O)c2-c2c(C=O)c(N3CC(C)OC(C)C3)c(F)c(F)c2B2OC(C)(C)C(C)(C)O2)cn1. The van der Waals surface area contributed by atoms with E-state index in [1.807, 2.05) is 0 Å². The molecule has 0 saturated carbocycles. The van der Waals surface area contributed by atoms with Crippen molar-refractivity contribution in [2.45, 2.75) is 91.0 Å². The molecular weight excluding hydrogens is 699 g/mol. The van der Waals surface area contributed by atoms with Gasteiger partial charge in [-0.15, -0.1) is 0 Å². The maximum atomic E-state index is 17.2. The molecule has 3 aliphatic rings. The molecule has 3 saturated heterocycles. The van der Waals surface area contributed by atoms with Crippen LogP contribution in [0.4, 0.5) is 28.9 Å². The van der Waals surface area contributed by atoms with Gasteiger partial charge in [0.15, 0.2) is 35.8 Å². The molecule has 0 aliphatic carbocycles. The Morgan fingerprint density at radius 3 is 1.57 bits per heavy atom. The molecule has 4 heterocycles. The van der Waals surface area contributed by atoms with Gasteiger partial charge < -0.3 is 33.3 Å². The molecule has 0 radical (unpaired) electrons. The maximum Gasteiger partial charge on any atom is 0.498 e. The zero-order valence-corrected chi connectivity index (χ0v) is 31.2. The first-order chi connectivity index (χ1) is 24.9. The van der Waals surface area contributed by atoms with Gasteiger partial charge in [-0.05, 0) is 61.0 Å². The van der Waals surface area contributed by atoms with Crippen molar-refractivity contribution in [3.63, 3.8) is 0 Å². The highest BCUT2D eigenvalue weighted by Crippen LogP contribution is 2.47. The Morgan fingerprint density at radius 1 is 0.698 bits per heavy atom. The lowest BCUT2D eigenvalue weighted by Gasteiger charge is -2.39. The highest BCUT2D eigenvalue weighted by molar-refractivity contribution is 6.64. The van der Waals surface area contributed by atoms with Gasteiger partial charge >= 0.3 is 7.12 Å². The number of carbonyl (C=O) groups excluding carboxylic acids is 2. The van der Waals surface area contributed by atoms with Crippen LogP contribution in [0.25, 0.3) is 22.4 Å². The Labute approximate surface area is 306 Å². The summed E-state index contributed by atoms with van der Waals surface area (Å²) >= 11 is 0. The van der Waals surface area contributed by atoms with E-state index < -0.39 is 111 Å². The molecule has 0 spiro atoms. The first kappa shape index (κ1) is 38.6. The van der Waals surface area contributed by atoms with Crippen LogP contribution in [0, 0.1) is 23.3 Å². The summed E-state index contributed by atoms with van der Waals surface area (Å²) in [6.45, 7) is 14.0. The Kier molecular flexibility index (Phi) is 10.4. The van der Waals surface area contributed by atoms with Crippen molar-refractivity contribution in [1.82, 2.24) is 9.97 Å². The first-order valence-corrected chi connectivity index (χ1v) is 17.5. The number of nitrogens with zero attached hydrogens (tertiary/aromatic N) is 4. The highest BCUT2D eigenvalue weighted by atomic mass is 19.2. The van der Waals surface area contributed by atoms with Gasteiger partial charge in [-0.2, -0.15) is 0 Å². The van der Waals surface area contributed by atoms with Crippen molar-refractivity contribution in [3.05, 3.63) is 46.8 Å². The molecule has 4 atom stereocenters. The van der Waals surface area contributed by atoms with Gasteiger partial charge in [0.1, 0.15) is 0 Å². The summed E-state index contributed by atoms with van der Waals surface area (Å²) < 4.78 is 97.0. The lowest BCUT2D eigenvalue weighted by atomic mass is 9.70. The lowest BCUT2D eigenvalue weighted by molar-refractivity contribution is -0.00573. The molecule has 0 bridgehead atoms. The number of aldehydes is 2. The fourth-order valence-corrected chi connectivity index (χ4v) is 7.48. The average Bonchev–Trinajstić information content (AvgIpc) is 3.30. The molecule has 3 fully saturated rings. The maximum absolute atomic E-state index is 17.2. The van der Waals surface area contributed by atoms with Crippen LogP contribution < -0.4 is 20.0 Å². The van der Waals surface area contributed by atoms with Gasteiger partial charge in [-0.3, -0.25) is 9.59 Å². The molecule has 0 N–H and O–H groups in total. The Balaban J connectivity index is 1.81. The highest BCUT2D eigenvalue weighted by Gasteiger charge is 2.54. The molecule has 3 aliphatic heterocycles.